The van der Waals surface area contributed by atoms with E-state index in [2.05, 4.69) is 0 Å². The summed E-state index contributed by atoms with van der Waals surface area (Å²) >= 11 is 0. The summed E-state index contributed by atoms with van der Waals surface area (Å²) < 4.78 is 5.19. The maximum atomic E-state index is 10.9. The van der Waals surface area contributed by atoms with Gasteiger partial charge in [0.05, 0.1) is 0 Å². The van der Waals surface area contributed by atoms with Crippen LogP contribution in [0.1, 0.15) is 52.9 Å². The Morgan fingerprint density at radius 1 is 1.29 bits per heavy atom. The molecule has 0 heterocycles. The highest BCUT2D eigenvalue weighted by molar-refractivity contribution is 5.66. The minimum Gasteiger partial charge on any atom is -0.457 e. The highest BCUT2D eigenvalue weighted by Gasteiger charge is 2.46. The number of ether oxygens (including phenoxy) is 1. The second-order valence-electron chi connectivity index (χ2n) is 4.70. The molecule has 1 fully saturated rings. The van der Waals surface area contributed by atoms with E-state index >= 15 is 0 Å². The molecule has 1 saturated carbocycles. The van der Waals surface area contributed by atoms with Crippen molar-refractivity contribution < 1.29 is 14.6 Å². The van der Waals surface area contributed by atoms with E-state index < -0.39 is 11.2 Å². The average molecular weight is 200 g/mol. The van der Waals surface area contributed by atoms with Crippen LogP contribution in [0.25, 0.3) is 0 Å². The first-order valence-corrected chi connectivity index (χ1v) is 5.29. The second kappa shape index (κ2) is 3.89. The zero-order valence-electron chi connectivity index (χ0n) is 9.30. The lowest BCUT2D eigenvalue weighted by Crippen LogP contribution is -2.53. The van der Waals surface area contributed by atoms with E-state index in [1.165, 1.54) is 13.3 Å². The van der Waals surface area contributed by atoms with Crippen LogP contribution in [0, 0.1) is 0 Å². The summed E-state index contributed by atoms with van der Waals surface area (Å²) in [7, 11) is 0. The Morgan fingerprint density at radius 2 is 1.79 bits per heavy atom. The fourth-order valence-corrected chi connectivity index (χ4v) is 2.19. The lowest BCUT2D eigenvalue weighted by molar-refractivity contribution is -0.192. The molecule has 0 bridgehead atoms. The molecule has 0 amide bonds. The number of hydrogen-bond acceptors (Lipinski definition) is 3. The van der Waals surface area contributed by atoms with Crippen LogP contribution >= 0.6 is 0 Å². The summed E-state index contributed by atoms with van der Waals surface area (Å²) in [6, 6.07) is 0. The minimum atomic E-state index is -0.836. The molecule has 0 aromatic heterocycles. The molecule has 82 valence electrons. The molecule has 0 aromatic carbocycles. The number of aliphatic hydroxyl groups is 1. The molecular formula is C11H20O3. The summed E-state index contributed by atoms with van der Waals surface area (Å²) in [4.78, 5) is 10.9. The molecule has 0 atom stereocenters. The van der Waals surface area contributed by atoms with Crippen LogP contribution in [0.4, 0.5) is 0 Å². The molecule has 3 heteroatoms. The van der Waals surface area contributed by atoms with Crippen molar-refractivity contribution in [1.82, 2.24) is 0 Å². The first-order valence-electron chi connectivity index (χ1n) is 5.29. The van der Waals surface area contributed by atoms with Crippen LogP contribution in [-0.2, 0) is 9.53 Å². The molecule has 0 saturated heterocycles. The SMILES string of the molecule is CC(=O)OC(C)(C)C1(O)CCCCC1. The fraction of sp³-hybridized carbons (Fsp3) is 0.909. The zero-order chi connectivity index (χ0) is 10.8. The van der Waals surface area contributed by atoms with Crippen molar-refractivity contribution in [3.05, 3.63) is 0 Å². The van der Waals surface area contributed by atoms with Gasteiger partial charge in [0.15, 0.2) is 0 Å². The van der Waals surface area contributed by atoms with Gasteiger partial charge in [0.25, 0.3) is 0 Å². The molecular weight excluding hydrogens is 180 g/mol. The van der Waals surface area contributed by atoms with Gasteiger partial charge >= 0.3 is 5.97 Å². The van der Waals surface area contributed by atoms with E-state index in [9.17, 15) is 9.90 Å². The van der Waals surface area contributed by atoms with Crippen LogP contribution < -0.4 is 0 Å². The number of esters is 1. The van der Waals surface area contributed by atoms with Crippen LogP contribution in [0.15, 0.2) is 0 Å². The second-order valence-corrected chi connectivity index (χ2v) is 4.70. The summed E-state index contributed by atoms with van der Waals surface area (Å²) in [5.41, 5.74) is -1.60. The molecule has 0 spiro atoms. The Bertz CT molecular complexity index is 215. The molecule has 1 aliphatic carbocycles. The monoisotopic (exact) mass is 200 g/mol. The van der Waals surface area contributed by atoms with Crippen LogP contribution in [0.3, 0.4) is 0 Å². The topological polar surface area (TPSA) is 46.5 Å². The van der Waals surface area contributed by atoms with Crippen LogP contribution in [0.5, 0.6) is 0 Å². The van der Waals surface area contributed by atoms with Crippen molar-refractivity contribution in [2.75, 3.05) is 0 Å². The summed E-state index contributed by atoms with van der Waals surface area (Å²) in [5.74, 6) is -0.325. The average Bonchev–Trinajstić information content (AvgIpc) is 2.02. The van der Waals surface area contributed by atoms with Gasteiger partial charge < -0.3 is 9.84 Å². The normalized spacial score (nSPS) is 21.7. The highest BCUT2D eigenvalue weighted by Crippen LogP contribution is 2.38. The largest absolute Gasteiger partial charge is 0.457 e. The van der Waals surface area contributed by atoms with Crippen molar-refractivity contribution in [3.63, 3.8) is 0 Å². The van der Waals surface area contributed by atoms with E-state index in [1.54, 1.807) is 13.8 Å². The van der Waals surface area contributed by atoms with Crippen molar-refractivity contribution in [1.29, 1.82) is 0 Å². The Labute approximate surface area is 85.5 Å². The lowest BCUT2D eigenvalue weighted by atomic mass is 9.74. The molecule has 3 nitrogen and oxygen atoms in total. The molecule has 0 radical (unpaired) electrons. The molecule has 0 unspecified atom stereocenters. The third-order valence-electron chi connectivity index (χ3n) is 3.20. The van der Waals surface area contributed by atoms with Crippen LogP contribution in [-0.4, -0.2) is 22.3 Å². The summed E-state index contributed by atoms with van der Waals surface area (Å²) in [6.45, 7) is 4.97. The lowest BCUT2D eigenvalue weighted by Gasteiger charge is -2.44. The molecule has 1 N–H and O–H groups in total. The van der Waals surface area contributed by atoms with E-state index in [4.69, 9.17) is 4.74 Å². The first kappa shape index (κ1) is 11.5. The van der Waals surface area contributed by atoms with Gasteiger partial charge in [-0.25, -0.2) is 0 Å². The predicted molar refractivity (Wildman–Crippen MR) is 53.9 cm³/mol. The highest BCUT2D eigenvalue weighted by atomic mass is 16.6. The Balaban J connectivity index is 2.72. The molecule has 0 aliphatic heterocycles. The Hall–Kier alpha value is -0.570. The van der Waals surface area contributed by atoms with Gasteiger partial charge in [-0.2, -0.15) is 0 Å². The quantitative estimate of drug-likeness (QED) is 0.694. The molecule has 1 aliphatic rings. The zero-order valence-corrected chi connectivity index (χ0v) is 9.30. The van der Waals surface area contributed by atoms with E-state index in [1.807, 2.05) is 0 Å². The van der Waals surface area contributed by atoms with E-state index in [-0.39, 0.29) is 5.97 Å². The number of carbonyl (C=O) groups is 1. The van der Waals surface area contributed by atoms with Crippen molar-refractivity contribution in [2.45, 2.75) is 64.1 Å². The van der Waals surface area contributed by atoms with Gasteiger partial charge in [-0.3, -0.25) is 4.79 Å². The summed E-state index contributed by atoms with van der Waals surface area (Å²) in [6.07, 6.45) is 4.65. The van der Waals surface area contributed by atoms with E-state index in [0.29, 0.717) is 0 Å². The fourth-order valence-electron chi connectivity index (χ4n) is 2.19. The standard InChI is InChI=1S/C11H20O3/c1-9(12)14-10(2,3)11(13)7-5-4-6-8-11/h13H,4-8H2,1-3H3. The van der Waals surface area contributed by atoms with E-state index in [0.717, 1.165) is 25.7 Å². The Morgan fingerprint density at radius 3 is 2.21 bits per heavy atom. The summed E-state index contributed by atoms with van der Waals surface area (Å²) in [5, 5.41) is 10.4. The van der Waals surface area contributed by atoms with Gasteiger partial charge in [-0.05, 0) is 26.7 Å². The minimum absolute atomic E-state index is 0.325. The van der Waals surface area contributed by atoms with Gasteiger partial charge in [0.1, 0.15) is 11.2 Å². The maximum absolute atomic E-state index is 10.9. The number of rotatable bonds is 2. The maximum Gasteiger partial charge on any atom is 0.303 e. The number of carbonyl (C=O) groups excluding carboxylic acids is 1. The van der Waals surface area contributed by atoms with Gasteiger partial charge in [0.2, 0.25) is 0 Å². The third-order valence-corrected chi connectivity index (χ3v) is 3.20. The molecule has 14 heavy (non-hydrogen) atoms. The van der Waals surface area contributed by atoms with Crippen molar-refractivity contribution in [3.8, 4) is 0 Å². The van der Waals surface area contributed by atoms with Gasteiger partial charge in [-0.15, -0.1) is 0 Å². The van der Waals surface area contributed by atoms with Gasteiger partial charge in [-0.1, -0.05) is 19.3 Å². The third kappa shape index (κ3) is 2.27. The van der Waals surface area contributed by atoms with Crippen molar-refractivity contribution >= 4 is 5.97 Å². The first-order chi connectivity index (χ1) is 6.37. The predicted octanol–water partition coefficient (Wildman–Crippen LogP) is 2.02. The van der Waals surface area contributed by atoms with Gasteiger partial charge in [0, 0.05) is 6.92 Å². The van der Waals surface area contributed by atoms with Crippen molar-refractivity contribution in [2.24, 2.45) is 0 Å². The Kier molecular flexibility index (Phi) is 3.20. The smallest absolute Gasteiger partial charge is 0.303 e. The molecule has 0 aromatic rings. The molecule has 1 rings (SSSR count). The number of hydrogen-bond donors (Lipinski definition) is 1. The van der Waals surface area contributed by atoms with Crippen LogP contribution in [0.2, 0.25) is 0 Å².